The average Bonchev–Trinajstić information content (AvgIpc) is 2.62. The highest BCUT2D eigenvalue weighted by Crippen LogP contribution is 2.33. The maximum Gasteiger partial charge on any atom is 0.306 e. The van der Waals surface area contributed by atoms with Gasteiger partial charge >= 0.3 is 5.97 Å². The molecule has 3 unspecified atom stereocenters. The third-order valence-corrected chi connectivity index (χ3v) is 4.76. The molecule has 0 spiro atoms. The topological polar surface area (TPSA) is 58.4 Å². The monoisotopic (exact) mass is 279 g/mol. The third kappa shape index (κ3) is 2.59. The van der Waals surface area contributed by atoms with Gasteiger partial charge in [-0.1, -0.05) is 0 Å². The number of aryl methyl sites for hydroxylation is 2. The van der Waals surface area contributed by atoms with Crippen LogP contribution in [0.25, 0.3) is 0 Å². The quantitative estimate of drug-likeness (QED) is 0.922. The van der Waals surface area contributed by atoms with Crippen LogP contribution in [0.4, 0.5) is 0 Å². The first-order valence-corrected chi connectivity index (χ1v) is 7.31. The van der Waals surface area contributed by atoms with Crippen LogP contribution >= 0.6 is 0 Å². The molecule has 1 aromatic rings. The van der Waals surface area contributed by atoms with Crippen LogP contribution in [0.15, 0.2) is 0 Å². The van der Waals surface area contributed by atoms with Crippen molar-refractivity contribution in [3.05, 3.63) is 17.0 Å². The van der Waals surface area contributed by atoms with Crippen LogP contribution in [0, 0.1) is 19.8 Å². The van der Waals surface area contributed by atoms with Crippen molar-refractivity contribution in [2.24, 2.45) is 13.0 Å². The fourth-order valence-corrected chi connectivity index (χ4v) is 3.55. The molecular formula is C15H25N3O2. The molecule has 5 nitrogen and oxygen atoms in total. The maximum absolute atomic E-state index is 11.1. The SMILES string of the molecule is Cc1nn(C)c(C)c1C(C)N1CCC(C(=O)O)CC1C. The van der Waals surface area contributed by atoms with Gasteiger partial charge in [-0.25, -0.2) is 0 Å². The van der Waals surface area contributed by atoms with Gasteiger partial charge in [-0.05, 0) is 47.1 Å². The summed E-state index contributed by atoms with van der Waals surface area (Å²) in [5.41, 5.74) is 3.56. The summed E-state index contributed by atoms with van der Waals surface area (Å²) in [7, 11) is 1.97. The van der Waals surface area contributed by atoms with Gasteiger partial charge in [0.25, 0.3) is 0 Å². The van der Waals surface area contributed by atoms with Crippen LogP contribution in [-0.2, 0) is 11.8 Å². The standard InChI is InChI=1S/C15H25N3O2/c1-9-8-13(15(19)20)6-7-18(9)12(4)14-10(2)16-17(5)11(14)3/h9,12-13H,6-8H2,1-5H3,(H,19,20). The molecule has 1 aromatic heterocycles. The summed E-state index contributed by atoms with van der Waals surface area (Å²) in [5.74, 6) is -0.845. The van der Waals surface area contributed by atoms with Crippen molar-refractivity contribution in [2.75, 3.05) is 6.54 Å². The smallest absolute Gasteiger partial charge is 0.306 e. The number of aromatic nitrogens is 2. The number of aliphatic carboxylic acids is 1. The molecule has 0 aromatic carbocycles. The molecule has 0 amide bonds. The van der Waals surface area contributed by atoms with Crippen LogP contribution in [0.3, 0.4) is 0 Å². The fourth-order valence-electron chi connectivity index (χ4n) is 3.55. The lowest BCUT2D eigenvalue weighted by atomic mass is 9.89. The van der Waals surface area contributed by atoms with Crippen LogP contribution < -0.4 is 0 Å². The minimum absolute atomic E-state index is 0.190. The molecule has 3 atom stereocenters. The minimum Gasteiger partial charge on any atom is -0.481 e. The first-order valence-electron chi connectivity index (χ1n) is 7.31. The summed E-state index contributed by atoms with van der Waals surface area (Å²) in [6.45, 7) is 9.32. The molecule has 0 radical (unpaired) electrons. The molecule has 5 heteroatoms. The highest BCUT2D eigenvalue weighted by molar-refractivity contribution is 5.70. The van der Waals surface area contributed by atoms with Crippen LogP contribution in [-0.4, -0.2) is 38.3 Å². The molecule has 1 aliphatic heterocycles. The van der Waals surface area contributed by atoms with E-state index in [9.17, 15) is 4.79 Å². The number of carbonyl (C=O) groups is 1. The molecule has 0 saturated carbocycles. The van der Waals surface area contributed by atoms with Gasteiger partial charge in [0.05, 0.1) is 11.6 Å². The lowest BCUT2D eigenvalue weighted by Gasteiger charge is -2.40. The number of rotatable bonds is 3. The molecule has 1 aliphatic rings. The highest BCUT2D eigenvalue weighted by Gasteiger charge is 2.33. The molecule has 1 N–H and O–H groups in total. The summed E-state index contributed by atoms with van der Waals surface area (Å²) < 4.78 is 1.93. The Kier molecular flexibility index (Phi) is 4.18. The number of hydrogen-bond donors (Lipinski definition) is 1. The van der Waals surface area contributed by atoms with Crippen molar-refractivity contribution in [3.8, 4) is 0 Å². The fraction of sp³-hybridized carbons (Fsp3) is 0.733. The molecule has 0 bridgehead atoms. The van der Waals surface area contributed by atoms with Crippen molar-refractivity contribution in [1.29, 1.82) is 0 Å². The Morgan fingerprint density at radius 2 is 2.10 bits per heavy atom. The number of hydrogen-bond acceptors (Lipinski definition) is 3. The zero-order chi connectivity index (χ0) is 15.0. The van der Waals surface area contributed by atoms with E-state index in [2.05, 4.69) is 30.8 Å². The summed E-state index contributed by atoms with van der Waals surface area (Å²) >= 11 is 0. The lowest BCUT2D eigenvalue weighted by molar-refractivity contribution is -0.144. The molecule has 2 rings (SSSR count). The van der Waals surface area contributed by atoms with Crippen molar-refractivity contribution >= 4 is 5.97 Å². The van der Waals surface area contributed by atoms with E-state index < -0.39 is 5.97 Å². The van der Waals surface area contributed by atoms with E-state index in [0.29, 0.717) is 6.04 Å². The Hall–Kier alpha value is -1.36. The second-order valence-electron chi connectivity index (χ2n) is 6.03. The van der Waals surface area contributed by atoms with Gasteiger partial charge in [-0.15, -0.1) is 0 Å². The summed E-state index contributed by atoms with van der Waals surface area (Å²) in [6, 6.07) is 0.576. The second-order valence-corrected chi connectivity index (χ2v) is 6.03. The van der Waals surface area contributed by atoms with Crippen LogP contribution in [0.5, 0.6) is 0 Å². The van der Waals surface area contributed by atoms with E-state index in [1.54, 1.807) is 0 Å². The predicted molar refractivity (Wildman–Crippen MR) is 77.6 cm³/mol. The Morgan fingerprint density at radius 1 is 1.45 bits per heavy atom. The van der Waals surface area contributed by atoms with Crippen molar-refractivity contribution in [3.63, 3.8) is 0 Å². The van der Waals surface area contributed by atoms with Gasteiger partial charge < -0.3 is 5.11 Å². The first-order chi connectivity index (χ1) is 9.32. The zero-order valence-corrected chi connectivity index (χ0v) is 13.1. The molecule has 2 heterocycles. The molecule has 0 aliphatic carbocycles. The number of piperidine rings is 1. The average molecular weight is 279 g/mol. The number of carboxylic acid groups (broad SMARTS) is 1. The highest BCUT2D eigenvalue weighted by atomic mass is 16.4. The van der Waals surface area contributed by atoms with Gasteiger partial charge in [0, 0.05) is 30.4 Å². The van der Waals surface area contributed by atoms with E-state index in [1.807, 2.05) is 18.7 Å². The molecule has 1 saturated heterocycles. The largest absolute Gasteiger partial charge is 0.481 e. The Labute approximate surface area is 120 Å². The number of likely N-dealkylation sites (tertiary alicyclic amines) is 1. The maximum atomic E-state index is 11.1. The van der Waals surface area contributed by atoms with E-state index >= 15 is 0 Å². The number of nitrogens with zero attached hydrogens (tertiary/aromatic N) is 3. The summed E-state index contributed by atoms with van der Waals surface area (Å²) in [4.78, 5) is 13.5. The van der Waals surface area contributed by atoms with Gasteiger partial charge in [0.15, 0.2) is 0 Å². The summed E-state index contributed by atoms with van der Waals surface area (Å²) in [6.07, 6.45) is 1.47. The van der Waals surface area contributed by atoms with E-state index in [1.165, 1.54) is 11.3 Å². The zero-order valence-electron chi connectivity index (χ0n) is 13.1. The second kappa shape index (κ2) is 5.56. The van der Waals surface area contributed by atoms with Crippen molar-refractivity contribution in [2.45, 2.75) is 52.6 Å². The normalized spacial score (nSPS) is 25.6. The van der Waals surface area contributed by atoms with Gasteiger partial charge in [0.1, 0.15) is 0 Å². The summed E-state index contributed by atoms with van der Waals surface area (Å²) in [5, 5.41) is 13.6. The van der Waals surface area contributed by atoms with Gasteiger partial charge in [-0.2, -0.15) is 5.10 Å². The van der Waals surface area contributed by atoms with Gasteiger partial charge in [0.2, 0.25) is 0 Å². The van der Waals surface area contributed by atoms with Gasteiger partial charge in [-0.3, -0.25) is 14.4 Å². The van der Waals surface area contributed by atoms with Crippen molar-refractivity contribution < 1.29 is 9.90 Å². The van der Waals surface area contributed by atoms with E-state index in [0.717, 1.165) is 25.1 Å². The predicted octanol–water partition coefficient (Wildman–Crippen LogP) is 2.28. The molecular weight excluding hydrogens is 254 g/mol. The van der Waals surface area contributed by atoms with E-state index in [4.69, 9.17) is 5.11 Å². The van der Waals surface area contributed by atoms with Crippen LogP contribution in [0.2, 0.25) is 0 Å². The van der Waals surface area contributed by atoms with Crippen LogP contribution in [0.1, 0.15) is 49.7 Å². The first kappa shape index (κ1) is 15.0. The minimum atomic E-state index is -0.655. The molecule has 112 valence electrons. The Morgan fingerprint density at radius 3 is 2.55 bits per heavy atom. The van der Waals surface area contributed by atoms with Crippen molar-refractivity contribution in [1.82, 2.24) is 14.7 Å². The lowest BCUT2D eigenvalue weighted by Crippen LogP contribution is -2.44. The molecule has 1 fully saturated rings. The number of carboxylic acids is 1. The Balaban J connectivity index is 2.18. The van der Waals surface area contributed by atoms with E-state index in [-0.39, 0.29) is 12.0 Å². The Bertz CT molecular complexity index is 509. The molecule has 20 heavy (non-hydrogen) atoms. The third-order valence-electron chi connectivity index (χ3n) is 4.76.